The molecule has 0 aromatic carbocycles. The second-order valence-electron chi connectivity index (χ2n) is 4.40. The summed E-state index contributed by atoms with van der Waals surface area (Å²) in [7, 11) is 2.07. The monoisotopic (exact) mass is 241 g/mol. The first kappa shape index (κ1) is 14.1. The molecule has 0 fully saturated rings. The van der Waals surface area contributed by atoms with E-state index < -0.39 is 0 Å². The maximum atomic E-state index is 5.49. The fraction of sp³-hybridized carbons (Fsp3) is 0.818. The first-order valence-electron chi connectivity index (χ1n) is 6.01. The van der Waals surface area contributed by atoms with Crippen LogP contribution in [-0.2, 0) is 17.8 Å². The van der Waals surface area contributed by atoms with Crippen LogP contribution in [0.1, 0.15) is 19.5 Å². The molecule has 0 amide bonds. The van der Waals surface area contributed by atoms with Crippen LogP contribution < -0.4 is 5.73 Å². The minimum atomic E-state index is 0.297. The zero-order valence-electron chi connectivity index (χ0n) is 11.0. The minimum Gasteiger partial charge on any atom is -0.377 e. The van der Waals surface area contributed by atoms with Crippen LogP contribution in [0.3, 0.4) is 0 Å². The summed E-state index contributed by atoms with van der Waals surface area (Å²) in [5, 5.41) is 7.94. The highest BCUT2D eigenvalue weighted by Gasteiger charge is 2.02. The molecule has 98 valence electrons. The van der Waals surface area contributed by atoms with E-state index in [0.717, 1.165) is 31.9 Å². The van der Waals surface area contributed by atoms with Crippen molar-refractivity contribution in [3.05, 3.63) is 11.9 Å². The van der Waals surface area contributed by atoms with Crippen LogP contribution in [-0.4, -0.2) is 52.7 Å². The van der Waals surface area contributed by atoms with Gasteiger partial charge in [0.15, 0.2) is 0 Å². The van der Waals surface area contributed by atoms with Crippen molar-refractivity contribution in [2.24, 2.45) is 5.73 Å². The molecule has 2 N–H and O–H groups in total. The van der Waals surface area contributed by atoms with E-state index in [1.807, 2.05) is 24.7 Å². The molecule has 0 atom stereocenters. The van der Waals surface area contributed by atoms with E-state index in [2.05, 4.69) is 22.3 Å². The third-order valence-electron chi connectivity index (χ3n) is 2.43. The predicted molar refractivity (Wildman–Crippen MR) is 66.5 cm³/mol. The average molecular weight is 241 g/mol. The molecule has 1 rings (SSSR count). The van der Waals surface area contributed by atoms with Gasteiger partial charge in [0, 0.05) is 25.8 Å². The minimum absolute atomic E-state index is 0.297. The Morgan fingerprint density at radius 2 is 2.24 bits per heavy atom. The molecular formula is C11H23N5O. The van der Waals surface area contributed by atoms with Gasteiger partial charge in [-0.05, 0) is 20.9 Å². The predicted octanol–water partition coefficient (Wildman–Crippen LogP) is 0.0936. The summed E-state index contributed by atoms with van der Waals surface area (Å²) in [5.74, 6) is 0. The van der Waals surface area contributed by atoms with Gasteiger partial charge >= 0.3 is 0 Å². The van der Waals surface area contributed by atoms with E-state index >= 15 is 0 Å². The summed E-state index contributed by atoms with van der Waals surface area (Å²) in [5.41, 5.74) is 6.30. The summed E-state index contributed by atoms with van der Waals surface area (Å²) in [6.45, 7) is 7.97. The van der Waals surface area contributed by atoms with Crippen molar-refractivity contribution < 1.29 is 4.74 Å². The van der Waals surface area contributed by atoms with Gasteiger partial charge in [0.25, 0.3) is 0 Å². The van der Waals surface area contributed by atoms with E-state index in [0.29, 0.717) is 12.6 Å². The number of hydrogen-bond acceptors (Lipinski definition) is 5. The van der Waals surface area contributed by atoms with Crippen LogP contribution in [0.25, 0.3) is 0 Å². The number of ether oxygens (including phenoxy) is 1. The van der Waals surface area contributed by atoms with Crippen molar-refractivity contribution in [3.63, 3.8) is 0 Å². The Balaban J connectivity index is 2.16. The van der Waals surface area contributed by atoms with Gasteiger partial charge in [0.2, 0.25) is 0 Å². The summed E-state index contributed by atoms with van der Waals surface area (Å²) in [6.07, 6.45) is 2.18. The van der Waals surface area contributed by atoms with Crippen LogP contribution in [0.15, 0.2) is 6.20 Å². The van der Waals surface area contributed by atoms with Gasteiger partial charge in [0.1, 0.15) is 0 Å². The van der Waals surface area contributed by atoms with E-state index in [1.165, 1.54) is 0 Å². The third kappa shape index (κ3) is 5.76. The number of nitrogens with zero attached hydrogens (tertiary/aromatic N) is 4. The Bertz CT molecular complexity index is 313. The Morgan fingerprint density at radius 3 is 2.82 bits per heavy atom. The second-order valence-corrected chi connectivity index (χ2v) is 4.40. The van der Waals surface area contributed by atoms with Crippen LogP contribution in [0.4, 0.5) is 0 Å². The second kappa shape index (κ2) is 7.37. The molecule has 6 nitrogen and oxygen atoms in total. The van der Waals surface area contributed by atoms with Gasteiger partial charge in [-0.1, -0.05) is 5.21 Å². The van der Waals surface area contributed by atoms with Gasteiger partial charge < -0.3 is 15.4 Å². The molecule has 1 heterocycles. The summed E-state index contributed by atoms with van der Waals surface area (Å²) in [4.78, 5) is 2.21. The standard InChI is InChI=1S/C11H23N5O/c1-10(2)17-7-6-15(3)4-5-16-9-11(8-12)13-14-16/h9-10H,4-8,12H2,1-3H3. The van der Waals surface area contributed by atoms with Crippen molar-refractivity contribution in [2.45, 2.75) is 33.0 Å². The summed E-state index contributed by atoms with van der Waals surface area (Å²) < 4.78 is 7.31. The Kier molecular flexibility index (Phi) is 6.10. The Hall–Kier alpha value is -0.980. The van der Waals surface area contributed by atoms with Crippen molar-refractivity contribution in [3.8, 4) is 0 Å². The highest BCUT2D eigenvalue weighted by molar-refractivity contribution is 4.90. The highest BCUT2D eigenvalue weighted by atomic mass is 16.5. The van der Waals surface area contributed by atoms with Gasteiger partial charge in [-0.3, -0.25) is 4.68 Å². The van der Waals surface area contributed by atoms with E-state index in [4.69, 9.17) is 10.5 Å². The van der Waals surface area contributed by atoms with E-state index in [1.54, 1.807) is 0 Å². The summed E-state index contributed by atoms with van der Waals surface area (Å²) >= 11 is 0. The van der Waals surface area contributed by atoms with Crippen LogP contribution in [0, 0.1) is 0 Å². The van der Waals surface area contributed by atoms with Crippen molar-refractivity contribution >= 4 is 0 Å². The number of hydrogen-bond donors (Lipinski definition) is 1. The number of aromatic nitrogens is 3. The lowest BCUT2D eigenvalue weighted by atomic mass is 10.4. The molecule has 0 radical (unpaired) electrons. The lowest BCUT2D eigenvalue weighted by Crippen LogP contribution is -2.28. The molecule has 6 heteroatoms. The molecule has 0 saturated carbocycles. The number of likely N-dealkylation sites (N-methyl/N-ethyl adjacent to an activating group) is 1. The molecule has 17 heavy (non-hydrogen) atoms. The van der Waals surface area contributed by atoms with Gasteiger partial charge in [-0.25, -0.2) is 0 Å². The maximum absolute atomic E-state index is 5.49. The lowest BCUT2D eigenvalue weighted by Gasteiger charge is -2.17. The molecule has 0 unspecified atom stereocenters. The number of nitrogens with two attached hydrogens (primary N) is 1. The van der Waals surface area contributed by atoms with Gasteiger partial charge in [-0.2, -0.15) is 0 Å². The molecule has 0 aliphatic heterocycles. The molecule has 1 aromatic rings. The normalized spacial score (nSPS) is 11.6. The molecular weight excluding hydrogens is 218 g/mol. The van der Waals surface area contributed by atoms with Crippen LogP contribution in [0.2, 0.25) is 0 Å². The fourth-order valence-corrected chi connectivity index (χ4v) is 1.37. The highest BCUT2D eigenvalue weighted by Crippen LogP contribution is 1.93. The van der Waals surface area contributed by atoms with E-state index in [-0.39, 0.29) is 0 Å². The average Bonchev–Trinajstić information content (AvgIpc) is 2.73. The van der Waals surface area contributed by atoms with Crippen molar-refractivity contribution in [1.29, 1.82) is 0 Å². The lowest BCUT2D eigenvalue weighted by molar-refractivity contribution is 0.0631. The van der Waals surface area contributed by atoms with Crippen LogP contribution >= 0.6 is 0 Å². The molecule has 0 bridgehead atoms. The Morgan fingerprint density at radius 1 is 1.47 bits per heavy atom. The SMILES string of the molecule is CC(C)OCCN(C)CCn1cc(CN)nn1. The molecule has 0 aliphatic carbocycles. The van der Waals surface area contributed by atoms with Crippen LogP contribution in [0.5, 0.6) is 0 Å². The summed E-state index contributed by atoms with van der Waals surface area (Å²) in [6, 6.07) is 0. The van der Waals surface area contributed by atoms with Crippen molar-refractivity contribution in [1.82, 2.24) is 19.9 Å². The molecule has 0 saturated heterocycles. The first-order valence-corrected chi connectivity index (χ1v) is 6.01. The molecule has 0 spiro atoms. The van der Waals surface area contributed by atoms with E-state index in [9.17, 15) is 0 Å². The quantitative estimate of drug-likeness (QED) is 0.699. The zero-order valence-corrected chi connectivity index (χ0v) is 11.0. The largest absolute Gasteiger partial charge is 0.377 e. The smallest absolute Gasteiger partial charge is 0.0962 e. The third-order valence-corrected chi connectivity index (χ3v) is 2.43. The fourth-order valence-electron chi connectivity index (χ4n) is 1.37. The maximum Gasteiger partial charge on any atom is 0.0962 e. The van der Waals surface area contributed by atoms with Gasteiger partial charge in [0.05, 0.1) is 24.9 Å². The van der Waals surface area contributed by atoms with Gasteiger partial charge in [-0.15, -0.1) is 5.10 Å². The van der Waals surface area contributed by atoms with Crippen molar-refractivity contribution in [2.75, 3.05) is 26.7 Å². The first-order chi connectivity index (χ1) is 8.11. The number of rotatable bonds is 8. The topological polar surface area (TPSA) is 69.2 Å². The zero-order chi connectivity index (χ0) is 12.7. The molecule has 1 aromatic heterocycles. The Labute approximate surface area is 103 Å². The molecule has 0 aliphatic rings.